The zero-order valence-electron chi connectivity index (χ0n) is 18.2. The largest absolute Gasteiger partial charge is 0.494 e. The molecular weight excluding hydrogens is 464 g/mol. The summed E-state index contributed by atoms with van der Waals surface area (Å²) in [4.78, 5) is 22.6. The van der Waals surface area contributed by atoms with E-state index in [-0.39, 0.29) is 17.3 Å². The van der Waals surface area contributed by atoms with Gasteiger partial charge in [-0.15, -0.1) is 10.2 Å². The third-order valence-corrected chi connectivity index (χ3v) is 5.82. The summed E-state index contributed by atoms with van der Waals surface area (Å²) in [5.41, 5.74) is 3.04. The summed E-state index contributed by atoms with van der Waals surface area (Å²) in [6.45, 7) is -2.47. The van der Waals surface area contributed by atoms with Gasteiger partial charge >= 0.3 is 18.3 Å². The monoisotopic (exact) mass is 481 g/mol. The van der Waals surface area contributed by atoms with Crippen molar-refractivity contribution in [3.8, 4) is 17.2 Å². The molecule has 1 aliphatic heterocycles. The third-order valence-electron chi connectivity index (χ3n) is 5.82. The molecule has 0 saturated heterocycles. The van der Waals surface area contributed by atoms with Gasteiger partial charge < -0.3 is 19.0 Å². The van der Waals surface area contributed by atoms with E-state index in [1.807, 2.05) is 18.2 Å². The standard InChI is InChI=1S/C21H17F2N9O3/c1-34-15-3-2-5-31-14(15)7-13(29-31)17-16-12(24-10-25-16)4-6-30(17)20(33)19-28-27-18(35-19)11-8-26-32(9-11)21(22)23/h2-3,5,7-10,17,21H,4,6H2,1H3,(H,24,25)/t17-/m0/s1. The van der Waals surface area contributed by atoms with E-state index < -0.39 is 18.5 Å². The first-order valence-corrected chi connectivity index (χ1v) is 10.5. The number of hydrogen-bond acceptors (Lipinski definition) is 8. The fourth-order valence-corrected chi connectivity index (χ4v) is 4.21. The van der Waals surface area contributed by atoms with Gasteiger partial charge in [0.1, 0.15) is 17.3 Å². The molecule has 0 bridgehead atoms. The van der Waals surface area contributed by atoms with Crippen LogP contribution in [0, 0.1) is 0 Å². The van der Waals surface area contributed by atoms with Gasteiger partial charge in [-0.3, -0.25) is 4.79 Å². The van der Waals surface area contributed by atoms with Gasteiger partial charge in [-0.2, -0.15) is 19.0 Å². The first kappa shape index (κ1) is 20.9. The predicted molar refractivity (Wildman–Crippen MR) is 114 cm³/mol. The number of amides is 1. The number of ether oxygens (including phenoxy) is 1. The number of nitrogens with zero attached hydrogens (tertiary/aromatic N) is 8. The van der Waals surface area contributed by atoms with Crippen molar-refractivity contribution in [2.75, 3.05) is 13.7 Å². The number of hydrogen-bond donors (Lipinski definition) is 1. The molecule has 14 heteroatoms. The normalized spacial score (nSPS) is 15.7. The molecule has 5 aromatic rings. The van der Waals surface area contributed by atoms with Crippen LogP contribution in [0.1, 0.15) is 40.4 Å². The number of aromatic nitrogens is 8. The zero-order valence-corrected chi connectivity index (χ0v) is 18.2. The Labute approximate surface area is 195 Å². The molecule has 0 unspecified atom stereocenters. The van der Waals surface area contributed by atoms with E-state index in [9.17, 15) is 13.6 Å². The van der Waals surface area contributed by atoms with Crippen LogP contribution < -0.4 is 4.74 Å². The molecule has 1 N–H and O–H groups in total. The van der Waals surface area contributed by atoms with E-state index in [0.29, 0.717) is 34.8 Å². The number of carbonyl (C=O) groups is 1. The highest BCUT2D eigenvalue weighted by molar-refractivity contribution is 5.90. The number of fused-ring (bicyclic) bond motifs is 2. The second-order valence-electron chi connectivity index (χ2n) is 7.79. The molecule has 12 nitrogen and oxygen atoms in total. The third kappa shape index (κ3) is 3.41. The van der Waals surface area contributed by atoms with Gasteiger partial charge in [0.05, 0.1) is 36.6 Å². The molecule has 1 amide bonds. The maximum absolute atomic E-state index is 13.5. The van der Waals surface area contributed by atoms with Crippen molar-refractivity contribution in [1.82, 2.24) is 44.5 Å². The van der Waals surface area contributed by atoms with Crippen LogP contribution in [0.2, 0.25) is 0 Å². The number of rotatable bonds is 5. The molecule has 0 radical (unpaired) electrons. The maximum atomic E-state index is 13.5. The van der Waals surface area contributed by atoms with Crippen molar-refractivity contribution in [2.24, 2.45) is 0 Å². The quantitative estimate of drug-likeness (QED) is 0.405. The number of aromatic amines is 1. The molecule has 1 aliphatic rings. The molecule has 5 aromatic heterocycles. The zero-order chi connectivity index (χ0) is 24.1. The van der Waals surface area contributed by atoms with Gasteiger partial charge in [0.15, 0.2) is 0 Å². The number of halogens is 2. The minimum absolute atomic E-state index is 0.0910. The van der Waals surface area contributed by atoms with Crippen molar-refractivity contribution in [1.29, 1.82) is 0 Å². The van der Waals surface area contributed by atoms with Gasteiger partial charge in [-0.05, 0) is 18.2 Å². The average Bonchev–Trinajstić information content (AvgIpc) is 3.67. The summed E-state index contributed by atoms with van der Waals surface area (Å²) < 4.78 is 38.8. The Morgan fingerprint density at radius 3 is 3.03 bits per heavy atom. The summed E-state index contributed by atoms with van der Waals surface area (Å²) in [5.74, 6) is -0.275. The molecule has 0 saturated carbocycles. The molecule has 0 aromatic carbocycles. The fraction of sp³-hybridized carbons (Fsp3) is 0.238. The Bertz CT molecular complexity index is 1540. The topological polar surface area (TPSA) is 132 Å². The molecule has 0 aliphatic carbocycles. The highest BCUT2D eigenvalue weighted by Gasteiger charge is 2.38. The lowest BCUT2D eigenvalue weighted by Crippen LogP contribution is -2.41. The number of carbonyl (C=O) groups excluding carboxylic acids is 1. The highest BCUT2D eigenvalue weighted by atomic mass is 19.3. The highest BCUT2D eigenvalue weighted by Crippen LogP contribution is 2.35. The minimum Gasteiger partial charge on any atom is -0.494 e. The van der Waals surface area contributed by atoms with Crippen molar-refractivity contribution in [3.63, 3.8) is 0 Å². The van der Waals surface area contributed by atoms with Crippen LogP contribution in [-0.2, 0) is 6.42 Å². The van der Waals surface area contributed by atoms with Crippen LogP contribution in [0.4, 0.5) is 8.78 Å². The molecule has 6 heterocycles. The van der Waals surface area contributed by atoms with E-state index in [4.69, 9.17) is 9.15 Å². The van der Waals surface area contributed by atoms with Crippen LogP contribution in [0.25, 0.3) is 17.0 Å². The smallest absolute Gasteiger partial charge is 0.333 e. The molecule has 1 atom stereocenters. The predicted octanol–water partition coefficient (Wildman–Crippen LogP) is 2.50. The van der Waals surface area contributed by atoms with Crippen molar-refractivity contribution in [2.45, 2.75) is 19.0 Å². The van der Waals surface area contributed by atoms with Gasteiger partial charge in [0, 0.05) is 31.1 Å². The van der Waals surface area contributed by atoms with Gasteiger partial charge in [-0.25, -0.2) is 14.2 Å². The van der Waals surface area contributed by atoms with Crippen LogP contribution in [0.3, 0.4) is 0 Å². The number of imidazole rings is 1. The number of pyridine rings is 1. The van der Waals surface area contributed by atoms with Crippen molar-refractivity contribution in [3.05, 3.63) is 66.1 Å². The van der Waals surface area contributed by atoms with Crippen LogP contribution >= 0.6 is 0 Å². The Hall–Kier alpha value is -4.62. The number of H-pyrrole nitrogens is 1. The first-order chi connectivity index (χ1) is 17.0. The summed E-state index contributed by atoms with van der Waals surface area (Å²) in [6.07, 6.45) is 6.13. The Morgan fingerprint density at radius 1 is 1.34 bits per heavy atom. The summed E-state index contributed by atoms with van der Waals surface area (Å²) >= 11 is 0. The molecule has 178 valence electrons. The van der Waals surface area contributed by atoms with Crippen molar-refractivity contribution >= 4 is 11.4 Å². The second-order valence-corrected chi connectivity index (χ2v) is 7.79. The number of methoxy groups -OCH3 is 1. The summed E-state index contributed by atoms with van der Waals surface area (Å²) in [6, 6.07) is 4.84. The minimum atomic E-state index is -2.81. The SMILES string of the molecule is COc1cccn2nc([C@H]3c4nc[nH]c4CCN3C(=O)c3nnc(-c4cnn(C(F)F)c4)o3)cc12. The van der Waals surface area contributed by atoms with E-state index >= 15 is 0 Å². The van der Waals surface area contributed by atoms with Crippen LogP contribution in [0.5, 0.6) is 5.75 Å². The second kappa shape index (κ2) is 8.00. The van der Waals surface area contributed by atoms with Crippen molar-refractivity contribution < 1.29 is 22.7 Å². The van der Waals surface area contributed by atoms with Crippen LogP contribution in [0.15, 0.2) is 47.5 Å². The molecule has 0 fully saturated rings. The average molecular weight is 481 g/mol. The Morgan fingerprint density at radius 2 is 2.23 bits per heavy atom. The first-order valence-electron chi connectivity index (χ1n) is 10.5. The van der Waals surface area contributed by atoms with E-state index in [1.54, 1.807) is 29.0 Å². The Balaban J connectivity index is 1.38. The van der Waals surface area contributed by atoms with Gasteiger partial charge in [-0.1, -0.05) is 0 Å². The lowest BCUT2D eigenvalue weighted by molar-refractivity contribution is 0.0566. The molecule has 35 heavy (non-hydrogen) atoms. The summed E-state index contributed by atoms with van der Waals surface area (Å²) in [5, 5.41) is 15.9. The summed E-state index contributed by atoms with van der Waals surface area (Å²) in [7, 11) is 1.57. The maximum Gasteiger partial charge on any atom is 0.333 e. The molecule has 6 rings (SSSR count). The lowest BCUT2D eigenvalue weighted by atomic mass is 9.99. The number of alkyl halides is 2. The molecule has 0 spiro atoms. The van der Waals surface area contributed by atoms with E-state index in [1.165, 1.54) is 0 Å². The van der Waals surface area contributed by atoms with E-state index in [0.717, 1.165) is 23.6 Å². The van der Waals surface area contributed by atoms with E-state index in [2.05, 4.69) is 30.4 Å². The fourth-order valence-electron chi connectivity index (χ4n) is 4.21. The lowest BCUT2D eigenvalue weighted by Gasteiger charge is -2.32. The Kier molecular flexibility index (Phi) is 4.79. The van der Waals surface area contributed by atoms with Gasteiger partial charge in [0.25, 0.3) is 5.89 Å². The van der Waals surface area contributed by atoms with Crippen LogP contribution in [-0.4, -0.2) is 64.0 Å². The molecular formula is C21H17F2N9O3. The van der Waals surface area contributed by atoms with Gasteiger partial charge in [0.2, 0.25) is 0 Å². The number of nitrogens with one attached hydrogen (secondary N) is 1.